The highest BCUT2D eigenvalue weighted by molar-refractivity contribution is 5.88. The van der Waals surface area contributed by atoms with Gasteiger partial charge < -0.3 is 14.6 Å². The molecule has 1 N–H and O–H groups in total. The van der Waals surface area contributed by atoms with E-state index in [1.165, 1.54) is 56.9 Å². The number of aryl methyl sites for hydroxylation is 1. The lowest BCUT2D eigenvalue weighted by Gasteiger charge is -2.38. The Labute approximate surface area is 261 Å². The smallest absolute Gasteiger partial charge is 0.389 e. The number of rotatable bonds is 16. The molecule has 0 saturated heterocycles. The summed E-state index contributed by atoms with van der Waals surface area (Å²) in [6.45, 7) is 8.91. The van der Waals surface area contributed by atoms with Gasteiger partial charge in [-0.3, -0.25) is 0 Å². The first-order valence-electron chi connectivity index (χ1n) is 16.4. The van der Waals surface area contributed by atoms with Gasteiger partial charge in [-0.2, -0.15) is 13.2 Å². The number of aliphatic hydroxyl groups is 1. The molecule has 0 spiro atoms. The molecule has 0 heterocycles. The zero-order valence-corrected chi connectivity index (χ0v) is 26.3. The molecular weight excluding hydrogens is 569 g/mol. The highest BCUT2D eigenvalue weighted by atomic mass is 19.4. The van der Waals surface area contributed by atoms with E-state index >= 15 is 0 Å². The van der Waals surface area contributed by atoms with Gasteiger partial charge in [0.2, 0.25) is 0 Å². The van der Waals surface area contributed by atoms with Crippen molar-refractivity contribution in [3.8, 4) is 0 Å². The van der Waals surface area contributed by atoms with Gasteiger partial charge >= 0.3 is 18.1 Å². The van der Waals surface area contributed by atoms with Crippen molar-refractivity contribution in [3.63, 3.8) is 0 Å². The minimum Gasteiger partial charge on any atom is -0.462 e. The molecular formula is C36H51F3O5. The van der Waals surface area contributed by atoms with E-state index in [1.807, 2.05) is 12.1 Å². The Morgan fingerprint density at radius 2 is 1.43 bits per heavy atom. The van der Waals surface area contributed by atoms with E-state index in [0.29, 0.717) is 43.3 Å². The molecule has 44 heavy (non-hydrogen) atoms. The molecule has 5 nitrogen and oxygen atoms in total. The van der Waals surface area contributed by atoms with E-state index in [0.717, 1.165) is 23.8 Å². The fourth-order valence-electron chi connectivity index (χ4n) is 7.05. The molecule has 1 unspecified atom stereocenters. The number of hydrogen-bond donors (Lipinski definition) is 1. The molecule has 1 aromatic rings. The average Bonchev–Trinajstić information content (AvgIpc) is 3.00. The van der Waals surface area contributed by atoms with Gasteiger partial charge in [-0.25, -0.2) is 9.59 Å². The molecule has 8 heteroatoms. The number of halogens is 3. The number of carbonyl (C=O) groups is 2. The third-order valence-electron chi connectivity index (χ3n) is 9.72. The molecule has 0 aromatic heterocycles. The van der Waals surface area contributed by atoms with E-state index in [2.05, 4.69) is 25.3 Å². The average molecular weight is 621 g/mol. The summed E-state index contributed by atoms with van der Waals surface area (Å²) in [5.41, 5.74) is 2.72. The maximum atomic E-state index is 12.4. The van der Waals surface area contributed by atoms with Gasteiger partial charge in [-0.15, -0.1) is 0 Å². The molecule has 0 radical (unpaired) electrons. The van der Waals surface area contributed by atoms with Crippen molar-refractivity contribution in [2.24, 2.45) is 23.7 Å². The van der Waals surface area contributed by atoms with Crippen molar-refractivity contribution in [2.45, 2.75) is 109 Å². The van der Waals surface area contributed by atoms with Crippen molar-refractivity contribution in [2.75, 3.05) is 19.8 Å². The van der Waals surface area contributed by atoms with Crippen LogP contribution in [0.25, 0.3) is 0 Å². The van der Waals surface area contributed by atoms with Crippen LogP contribution in [-0.4, -0.2) is 43.0 Å². The van der Waals surface area contributed by atoms with Crippen LogP contribution in [0.4, 0.5) is 13.2 Å². The van der Waals surface area contributed by atoms with Gasteiger partial charge in [0.25, 0.3) is 0 Å². The summed E-state index contributed by atoms with van der Waals surface area (Å²) in [7, 11) is 0. The maximum absolute atomic E-state index is 12.4. The molecule has 2 fully saturated rings. The summed E-state index contributed by atoms with van der Waals surface area (Å²) in [6, 6.07) is 8.26. The Bertz CT molecular complexity index is 1060. The quantitative estimate of drug-likeness (QED) is 0.148. The molecule has 0 bridgehead atoms. The minimum absolute atomic E-state index is 0.0421. The van der Waals surface area contributed by atoms with Crippen molar-refractivity contribution in [3.05, 3.63) is 59.7 Å². The zero-order valence-electron chi connectivity index (χ0n) is 26.3. The van der Waals surface area contributed by atoms with Gasteiger partial charge in [-0.1, -0.05) is 50.3 Å². The van der Waals surface area contributed by atoms with Crippen molar-refractivity contribution < 1.29 is 37.3 Å². The van der Waals surface area contributed by atoms with Crippen LogP contribution in [-0.2, 0) is 25.5 Å². The number of carbonyl (C=O) groups excluding carboxylic acids is 2. The normalized spacial score (nSPS) is 23.0. The number of alkyl halides is 3. The SMILES string of the molecule is C=C(C)C(=O)OCCC(CCOC(=O)C(=C)CO)CC1CCC(C2CCC(c3ccc(CCCC(F)(F)F)cc3)CC2)CC1. The van der Waals surface area contributed by atoms with Gasteiger partial charge in [0, 0.05) is 12.0 Å². The molecule has 0 aliphatic heterocycles. The van der Waals surface area contributed by atoms with Gasteiger partial charge in [0.05, 0.1) is 25.4 Å². The van der Waals surface area contributed by atoms with Crippen LogP contribution < -0.4 is 0 Å². The fraction of sp³-hybridized carbons (Fsp3) is 0.667. The second-order valence-corrected chi connectivity index (χ2v) is 13.1. The van der Waals surface area contributed by atoms with Gasteiger partial charge in [0.1, 0.15) is 0 Å². The Kier molecular flexibility index (Phi) is 14.5. The Balaban J connectivity index is 1.41. The van der Waals surface area contributed by atoms with Gasteiger partial charge in [-0.05, 0) is 118 Å². The molecule has 2 saturated carbocycles. The van der Waals surface area contributed by atoms with Crippen LogP contribution >= 0.6 is 0 Å². The van der Waals surface area contributed by atoms with Crippen LogP contribution in [0.15, 0.2) is 48.6 Å². The van der Waals surface area contributed by atoms with Gasteiger partial charge in [0.15, 0.2) is 0 Å². The second kappa shape index (κ2) is 17.8. The Morgan fingerprint density at radius 1 is 0.886 bits per heavy atom. The fourth-order valence-corrected chi connectivity index (χ4v) is 7.05. The van der Waals surface area contributed by atoms with E-state index in [9.17, 15) is 22.8 Å². The predicted molar refractivity (Wildman–Crippen MR) is 166 cm³/mol. The predicted octanol–water partition coefficient (Wildman–Crippen LogP) is 8.65. The molecule has 0 amide bonds. The third-order valence-corrected chi connectivity index (χ3v) is 9.72. The van der Waals surface area contributed by atoms with E-state index in [-0.39, 0.29) is 30.5 Å². The van der Waals surface area contributed by atoms with Crippen LogP contribution in [0, 0.1) is 23.7 Å². The largest absolute Gasteiger partial charge is 0.462 e. The number of aliphatic hydroxyl groups excluding tert-OH is 1. The van der Waals surface area contributed by atoms with E-state index in [4.69, 9.17) is 14.6 Å². The van der Waals surface area contributed by atoms with Crippen LogP contribution in [0.2, 0.25) is 0 Å². The first kappa shape index (κ1) is 35.9. The maximum Gasteiger partial charge on any atom is 0.389 e. The molecule has 2 aliphatic carbocycles. The third kappa shape index (κ3) is 12.4. The lowest BCUT2D eigenvalue weighted by molar-refractivity contribution is -0.140. The van der Waals surface area contributed by atoms with E-state index < -0.39 is 25.2 Å². The topological polar surface area (TPSA) is 72.8 Å². The summed E-state index contributed by atoms with van der Waals surface area (Å²) >= 11 is 0. The highest BCUT2D eigenvalue weighted by Crippen LogP contribution is 2.45. The van der Waals surface area contributed by atoms with Crippen LogP contribution in [0.5, 0.6) is 0 Å². The highest BCUT2D eigenvalue weighted by Gasteiger charge is 2.32. The summed E-state index contributed by atoms with van der Waals surface area (Å²) < 4.78 is 48.0. The lowest BCUT2D eigenvalue weighted by atomic mass is 9.67. The Morgan fingerprint density at radius 3 is 1.95 bits per heavy atom. The minimum atomic E-state index is -4.08. The number of ether oxygens (including phenoxy) is 2. The number of hydrogen-bond acceptors (Lipinski definition) is 5. The first-order chi connectivity index (χ1) is 20.9. The molecule has 1 atom stereocenters. The number of benzene rings is 1. The lowest BCUT2D eigenvalue weighted by Crippen LogP contribution is -2.26. The molecule has 246 valence electrons. The summed E-state index contributed by atoms with van der Waals surface area (Å²) in [5, 5.41) is 9.09. The first-order valence-corrected chi connectivity index (χ1v) is 16.4. The van der Waals surface area contributed by atoms with Crippen molar-refractivity contribution in [1.29, 1.82) is 0 Å². The van der Waals surface area contributed by atoms with Crippen LogP contribution in [0.3, 0.4) is 0 Å². The Hall–Kier alpha value is -2.61. The monoisotopic (exact) mass is 620 g/mol. The van der Waals surface area contributed by atoms with E-state index in [1.54, 1.807) is 6.92 Å². The molecule has 2 aliphatic rings. The number of esters is 2. The standard InChI is InChI=1S/C36H51F3O5/c1-25(2)34(41)43-21-18-29(19-22-44-35(42)26(3)24-40)23-28-8-12-31(13-9-28)33-16-14-32(15-17-33)30-10-6-27(7-11-30)5-4-20-36(37,38)39/h6-7,10-11,28-29,31-33,40H,1,3-5,8-9,12-24H2,2H3. The summed E-state index contributed by atoms with van der Waals surface area (Å²) in [5.74, 6) is 1.94. The molecule has 3 rings (SSSR count). The van der Waals surface area contributed by atoms with Crippen molar-refractivity contribution >= 4 is 11.9 Å². The summed E-state index contributed by atoms with van der Waals surface area (Å²) in [4.78, 5) is 23.7. The summed E-state index contributed by atoms with van der Waals surface area (Å²) in [6.07, 6.45) is 7.81. The zero-order chi connectivity index (χ0) is 32.1. The molecule has 1 aromatic carbocycles. The van der Waals surface area contributed by atoms with Crippen LogP contribution in [0.1, 0.15) is 107 Å². The van der Waals surface area contributed by atoms with Crippen molar-refractivity contribution in [1.82, 2.24) is 0 Å². The second-order valence-electron chi connectivity index (χ2n) is 13.1.